The van der Waals surface area contributed by atoms with Crippen LogP contribution in [0.5, 0.6) is 5.75 Å². The van der Waals surface area contributed by atoms with Gasteiger partial charge in [0, 0.05) is 56.3 Å². The van der Waals surface area contributed by atoms with Crippen LogP contribution in [0.15, 0.2) is 49.1 Å². The number of carbonyl (C=O) groups is 2. The van der Waals surface area contributed by atoms with Crippen molar-refractivity contribution in [3.63, 3.8) is 0 Å². The lowest BCUT2D eigenvalue weighted by Crippen LogP contribution is -2.63. The summed E-state index contributed by atoms with van der Waals surface area (Å²) in [5, 5.41) is 18.1. The number of piperazine rings is 1. The second-order valence-corrected chi connectivity index (χ2v) is 12.3. The van der Waals surface area contributed by atoms with Gasteiger partial charge in [0.1, 0.15) is 5.75 Å². The van der Waals surface area contributed by atoms with Gasteiger partial charge in [-0.2, -0.15) is 5.10 Å². The van der Waals surface area contributed by atoms with Crippen molar-refractivity contribution in [2.75, 3.05) is 37.6 Å². The van der Waals surface area contributed by atoms with Crippen molar-refractivity contribution >= 4 is 28.4 Å². The monoisotopic (exact) mass is 527 g/mol. The molecule has 8 heteroatoms. The highest BCUT2D eigenvalue weighted by Gasteiger charge is 2.54. The summed E-state index contributed by atoms with van der Waals surface area (Å²) in [4.78, 5) is 30.3. The molecule has 1 aliphatic carbocycles. The van der Waals surface area contributed by atoms with E-state index in [2.05, 4.69) is 43.0 Å². The Morgan fingerprint density at radius 1 is 1.08 bits per heavy atom. The van der Waals surface area contributed by atoms with Crippen LogP contribution in [-0.4, -0.2) is 74.8 Å². The van der Waals surface area contributed by atoms with Crippen LogP contribution in [0.1, 0.15) is 45.3 Å². The highest BCUT2D eigenvalue weighted by Crippen LogP contribution is 2.55. The number of nitrogens with zero attached hydrogens (tertiary/aromatic N) is 5. The van der Waals surface area contributed by atoms with Crippen molar-refractivity contribution in [2.45, 2.75) is 52.1 Å². The number of rotatable bonds is 4. The summed E-state index contributed by atoms with van der Waals surface area (Å²) < 4.78 is 2.18. The first kappa shape index (κ1) is 25.5. The van der Waals surface area contributed by atoms with Gasteiger partial charge in [-0.1, -0.05) is 30.8 Å². The number of phenols is 1. The molecule has 0 atom stereocenters. The van der Waals surface area contributed by atoms with Gasteiger partial charge in [-0.3, -0.25) is 14.3 Å². The second-order valence-electron chi connectivity index (χ2n) is 12.3. The highest BCUT2D eigenvalue weighted by molar-refractivity contribution is 6.01. The summed E-state index contributed by atoms with van der Waals surface area (Å²) in [6, 6.07) is 12.0. The molecule has 3 aliphatic rings. The largest absolute Gasteiger partial charge is 0.508 e. The minimum Gasteiger partial charge on any atom is -0.508 e. The van der Waals surface area contributed by atoms with Crippen LogP contribution < -0.4 is 4.90 Å². The lowest BCUT2D eigenvalue weighted by atomic mass is 9.60. The molecule has 2 saturated heterocycles. The first-order valence-corrected chi connectivity index (χ1v) is 13.8. The standard InChI is InChI=1S/C31H37N5O3/c1-6-27(39)34-18-31(19-34)15-23(16-31)36-20(2)28(26-14-24(38)13-22-9-7-8-10-25(22)26)29(32-36)35-12-11-33(21(3)37)17-30(35,4)5/h6-10,13-14,23,38H,1,11-12,15-19H2,2-5H3. The van der Waals surface area contributed by atoms with Gasteiger partial charge < -0.3 is 19.8 Å². The van der Waals surface area contributed by atoms with Crippen LogP contribution in [0.4, 0.5) is 5.82 Å². The van der Waals surface area contributed by atoms with Crippen molar-refractivity contribution in [1.29, 1.82) is 0 Å². The Labute approximate surface area is 229 Å². The molecule has 204 valence electrons. The second kappa shape index (κ2) is 8.86. The average molecular weight is 528 g/mol. The molecule has 2 amide bonds. The number of hydrogen-bond donors (Lipinski definition) is 1. The van der Waals surface area contributed by atoms with Crippen molar-refractivity contribution in [3.05, 3.63) is 54.7 Å². The minimum absolute atomic E-state index is 0.00613. The van der Waals surface area contributed by atoms with Crippen molar-refractivity contribution in [1.82, 2.24) is 19.6 Å². The average Bonchev–Trinajstić information content (AvgIpc) is 3.16. The molecule has 2 aliphatic heterocycles. The number of anilines is 1. The van der Waals surface area contributed by atoms with Crippen LogP contribution in [0.25, 0.3) is 21.9 Å². The summed E-state index contributed by atoms with van der Waals surface area (Å²) in [6.45, 7) is 15.2. The van der Waals surface area contributed by atoms with E-state index in [1.807, 2.05) is 34.1 Å². The van der Waals surface area contributed by atoms with Crippen molar-refractivity contribution in [3.8, 4) is 16.9 Å². The van der Waals surface area contributed by atoms with Crippen molar-refractivity contribution < 1.29 is 14.7 Å². The van der Waals surface area contributed by atoms with E-state index in [0.29, 0.717) is 19.6 Å². The molecule has 1 N–H and O–H groups in total. The quantitative estimate of drug-likeness (QED) is 0.505. The van der Waals surface area contributed by atoms with Gasteiger partial charge in [-0.15, -0.1) is 0 Å². The summed E-state index contributed by atoms with van der Waals surface area (Å²) in [7, 11) is 0. The molecule has 0 unspecified atom stereocenters. The Balaban J connectivity index is 1.42. The topological polar surface area (TPSA) is 81.9 Å². The van der Waals surface area contributed by atoms with Gasteiger partial charge in [0.15, 0.2) is 5.82 Å². The van der Waals surface area contributed by atoms with Crippen LogP contribution in [-0.2, 0) is 9.59 Å². The number of phenolic OH excluding ortho intramolecular Hbond substituents is 1. The van der Waals surface area contributed by atoms with E-state index in [1.54, 1.807) is 13.0 Å². The maximum absolute atomic E-state index is 12.2. The normalized spacial score (nSPS) is 20.2. The van der Waals surface area contributed by atoms with Gasteiger partial charge in [-0.25, -0.2) is 0 Å². The Kier molecular flexibility index (Phi) is 5.79. The van der Waals surface area contributed by atoms with Gasteiger partial charge >= 0.3 is 0 Å². The number of amides is 2. The molecule has 1 aromatic heterocycles. The predicted molar refractivity (Wildman–Crippen MR) is 153 cm³/mol. The maximum Gasteiger partial charge on any atom is 0.245 e. The minimum atomic E-state index is -0.322. The van der Waals surface area contributed by atoms with Gasteiger partial charge in [0.2, 0.25) is 11.8 Å². The molecular weight excluding hydrogens is 490 g/mol. The number of hydrogen-bond acceptors (Lipinski definition) is 5. The Morgan fingerprint density at radius 2 is 1.79 bits per heavy atom. The zero-order valence-corrected chi connectivity index (χ0v) is 23.3. The van der Waals surface area contributed by atoms with Crippen molar-refractivity contribution in [2.24, 2.45) is 5.41 Å². The molecule has 3 fully saturated rings. The van der Waals surface area contributed by atoms with Crippen LogP contribution in [0, 0.1) is 12.3 Å². The fourth-order valence-electron chi connectivity index (χ4n) is 7.10. The Morgan fingerprint density at radius 3 is 2.46 bits per heavy atom. The number of aromatic nitrogens is 2. The third-order valence-corrected chi connectivity index (χ3v) is 9.07. The molecule has 39 heavy (non-hydrogen) atoms. The van der Waals surface area contributed by atoms with Crippen LogP contribution >= 0.6 is 0 Å². The molecule has 3 heterocycles. The van der Waals surface area contributed by atoms with Gasteiger partial charge in [0.05, 0.1) is 11.6 Å². The molecule has 0 radical (unpaired) electrons. The molecular formula is C31H37N5O3. The molecule has 0 bridgehead atoms. The summed E-state index contributed by atoms with van der Waals surface area (Å²) in [5.74, 6) is 1.22. The summed E-state index contributed by atoms with van der Waals surface area (Å²) in [5.41, 5.74) is 2.92. The third kappa shape index (κ3) is 4.08. The number of likely N-dealkylation sites (tertiary alicyclic amines) is 1. The van der Waals surface area contributed by atoms with Gasteiger partial charge in [0.25, 0.3) is 0 Å². The maximum atomic E-state index is 12.2. The number of benzene rings is 2. The SMILES string of the molecule is C=CC(=O)N1CC2(CC(n3nc(N4CCN(C(C)=O)CC4(C)C)c(-c4cc(O)cc5ccccc45)c3C)C2)C1. The Hall–Kier alpha value is -3.81. The van der Waals surface area contributed by atoms with E-state index >= 15 is 0 Å². The first-order chi connectivity index (χ1) is 18.5. The molecule has 6 rings (SSSR count). The third-order valence-electron chi connectivity index (χ3n) is 9.07. The fourth-order valence-corrected chi connectivity index (χ4v) is 7.10. The van der Waals surface area contributed by atoms with E-state index < -0.39 is 0 Å². The van der Waals surface area contributed by atoms with E-state index in [0.717, 1.165) is 59.3 Å². The van der Waals surface area contributed by atoms with E-state index in [9.17, 15) is 14.7 Å². The van der Waals surface area contributed by atoms with E-state index in [4.69, 9.17) is 5.10 Å². The number of carbonyl (C=O) groups excluding carboxylic acids is 2. The molecule has 2 aromatic carbocycles. The smallest absolute Gasteiger partial charge is 0.245 e. The summed E-state index contributed by atoms with van der Waals surface area (Å²) >= 11 is 0. The lowest BCUT2D eigenvalue weighted by molar-refractivity contribution is -0.149. The van der Waals surface area contributed by atoms with Crippen LogP contribution in [0.3, 0.4) is 0 Å². The highest BCUT2D eigenvalue weighted by atomic mass is 16.3. The van der Waals surface area contributed by atoms with E-state index in [-0.39, 0.29) is 34.6 Å². The van der Waals surface area contributed by atoms with Crippen LogP contribution in [0.2, 0.25) is 0 Å². The zero-order chi connectivity index (χ0) is 27.7. The van der Waals surface area contributed by atoms with E-state index in [1.165, 1.54) is 6.08 Å². The molecule has 8 nitrogen and oxygen atoms in total. The fraction of sp³-hybridized carbons (Fsp3) is 0.452. The number of aromatic hydroxyl groups is 1. The first-order valence-electron chi connectivity index (χ1n) is 13.8. The molecule has 1 spiro atoms. The predicted octanol–water partition coefficient (Wildman–Crippen LogP) is 4.51. The number of fused-ring (bicyclic) bond motifs is 1. The Bertz CT molecular complexity index is 1490. The molecule has 3 aromatic rings. The van der Waals surface area contributed by atoms with Gasteiger partial charge in [-0.05, 0) is 68.2 Å². The lowest BCUT2D eigenvalue weighted by Gasteiger charge is -2.58. The summed E-state index contributed by atoms with van der Waals surface area (Å²) in [6.07, 6.45) is 3.36. The zero-order valence-electron chi connectivity index (χ0n) is 23.3. The molecule has 1 saturated carbocycles.